The van der Waals surface area contributed by atoms with E-state index in [2.05, 4.69) is 17.1 Å². The summed E-state index contributed by atoms with van der Waals surface area (Å²) in [6, 6.07) is 20.0. The zero-order chi connectivity index (χ0) is 20.9. The zero-order valence-corrected chi connectivity index (χ0v) is 17.5. The van der Waals surface area contributed by atoms with Crippen LogP contribution in [0, 0.1) is 6.92 Å². The normalized spacial score (nSPS) is 11.0. The number of aromatic nitrogens is 3. The van der Waals surface area contributed by atoms with Crippen LogP contribution in [0.15, 0.2) is 73.1 Å². The van der Waals surface area contributed by atoms with E-state index in [0.29, 0.717) is 31.6 Å². The molecule has 5 heteroatoms. The van der Waals surface area contributed by atoms with E-state index in [1.165, 1.54) is 0 Å². The van der Waals surface area contributed by atoms with Crippen molar-refractivity contribution in [3.63, 3.8) is 0 Å². The summed E-state index contributed by atoms with van der Waals surface area (Å²) < 4.78 is 1.94. The van der Waals surface area contributed by atoms with Crippen LogP contribution in [0.1, 0.15) is 39.9 Å². The van der Waals surface area contributed by atoms with Crippen LogP contribution in [0.25, 0.3) is 5.65 Å². The summed E-state index contributed by atoms with van der Waals surface area (Å²) in [5, 5.41) is 0. The van der Waals surface area contributed by atoms with Crippen molar-refractivity contribution < 1.29 is 4.79 Å². The fraction of sp³-hybridized carbons (Fsp3) is 0.240. The van der Waals surface area contributed by atoms with Crippen LogP contribution in [0.4, 0.5) is 0 Å². The summed E-state index contributed by atoms with van der Waals surface area (Å²) in [5.41, 5.74) is 5.50. The van der Waals surface area contributed by atoms with Gasteiger partial charge in [-0.2, -0.15) is 0 Å². The van der Waals surface area contributed by atoms with Gasteiger partial charge in [0.25, 0.3) is 5.91 Å². The van der Waals surface area contributed by atoms with Gasteiger partial charge < -0.3 is 4.90 Å². The molecule has 0 unspecified atom stereocenters. The molecule has 0 saturated carbocycles. The van der Waals surface area contributed by atoms with Gasteiger partial charge in [-0.05, 0) is 42.7 Å². The van der Waals surface area contributed by atoms with E-state index in [9.17, 15) is 4.79 Å². The van der Waals surface area contributed by atoms with E-state index < -0.39 is 0 Å². The molecule has 0 atom stereocenters. The van der Waals surface area contributed by atoms with Crippen LogP contribution >= 0.6 is 0 Å². The predicted octanol–water partition coefficient (Wildman–Crippen LogP) is 4.49. The molecule has 0 fully saturated rings. The average Bonchev–Trinajstić information content (AvgIpc) is 3.17. The van der Waals surface area contributed by atoms with Crippen molar-refractivity contribution >= 4 is 11.6 Å². The molecule has 0 aliphatic carbocycles. The van der Waals surface area contributed by atoms with Crippen LogP contribution in [-0.2, 0) is 19.4 Å². The van der Waals surface area contributed by atoms with Crippen molar-refractivity contribution in [2.45, 2.75) is 33.2 Å². The lowest BCUT2D eigenvalue weighted by molar-refractivity contribution is 0.0736. The SMILES string of the molecule is CCc1nc2c(C)cccn2c1C(=O)N(CCc1ccccn1)Cc1ccccc1. The second-order valence-electron chi connectivity index (χ2n) is 7.43. The highest BCUT2D eigenvalue weighted by Crippen LogP contribution is 2.20. The first-order chi connectivity index (χ1) is 14.7. The van der Waals surface area contributed by atoms with Gasteiger partial charge in [0.05, 0.1) is 5.69 Å². The summed E-state index contributed by atoms with van der Waals surface area (Å²) in [4.78, 5) is 24.9. The second kappa shape index (κ2) is 8.91. The van der Waals surface area contributed by atoms with Gasteiger partial charge in [0, 0.05) is 37.6 Å². The Morgan fingerprint density at radius 3 is 2.57 bits per heavy atom. The van der Waals surface area contributed by atoms with Crippen LogP contribution in [0.3, 0.4) is 0 Å². The molecule has 4 rings (SSSR count). The van der Waals surface area contributed by atoms with Gasteiger partial charge in [0.2, 0.25) is 0 Å². The molecule has 5 nitrogen and oxygen atoms in total. The van der Waals surface area contributed by atoms with E-state index in [-0.39, 0.29) is 5.91 Å². The number of benzene rings is 1. The molecule has 0 spiro atoms. The van der Waals surface area contributed by atoms with Crippen LogP contribution in [-0.4, -0.2) is 31.7 Å². The number of fused-ring (bicyclic) bond motifs is 1. The third kappa shape index (κ3) is 4.10. The quantitative estimate of drug-likeness (QED) is 0.461. The largest absolute Gasteiger partial charge is 0.333 e. The second-order valence-corrected chi connectivity index (χ2v) is 7.43. The molecule has 3 heterocycles. The fourth-order valence-corrected chi connectivity index (χ4v) is 3.73. The summed E-state index contributed by atoms with van der Waals surface area (Å²) in [6.45, 7) is 5.21. The summed E-state index contributed by atoms with van der Waals surface area (Å²) >= 11 is 0. The number of pyridine rings is 2. The maximum atomic E-state index is 13.8. The van der Waals surface area contributed by atoms with Gasteiger partial charge in [-0.3, -0.25) is 14.2 Å². The Labute approximate surface area is 177 Å². The Kier molecular flexibility index (Phi) is 5.89. The number of carbonyl (C=O) groups excluding carboxylic acids is 1. The van der Waals surface area contributed by atoms with Gasteiger partial charge >= 0.3 is 0 Å². The van der Waals surface area contributed by atoms with E-state index in [4.69, 9.17) is 4.98 Å². The van der Waals surface area contributed by atoms with Crippen LogP contribution < -0.4 is 0 Å². The first-order valence-electron chi connectivity index (χ1n) is 10.4. The minimum atomic E-state index is 0.00438. The lowest BCUT2D eigenvalue weighted by atomic mass is 10.1. The summed E-state index contributed by atoms with van der Waals surface area (Å²) in [6.07, 6.45) is 5.14. The number of aryl methyl sites for hydroxylation is 2. The standard InChI is InChI=1S/C25H26N4O/c1-3-22-23(29-16-9-10-19(2)24(29)27-22)25(30)28(18-20-11-5-4-6-12-20)17-14-21-13-7-8-15-26-21/h4-13,15-16H,3,14,17-18H2,1-2H3. The van der Waals surface area contributed by atoms with Crippen molar-refractivity contribution in [1.82, 2.24) is 19.3 Å². The highest BCUT2D eigenvalue weighted by Gasteiger charge is 2.24. The van der Waals surface area contributed by atoms with Crippen molar-refractivity contribution in [3.8, 4) is 0 Å². The minimum Gasteiger partial charge on any atom is -0.333 e. The molecule has 0 aliphatic rings. The molecule has 0 saturated heterocycles. The number of rotatable bonds is 7. The molecule has 152 valence electrons. The lowest BCUT2D eigenvalue weighted by Gasteiger charge is -2.23. The molecule has 1 amide bonds. The Hall–Kier alpha value is -3.47. The van der Waals surface area contributed by atoms with E-state index in [1.54, 1.807) is 6.20 Å². The first-order valence-corrected chi connectivity index (χ1v) is 10.4. The molecule has 0 N–H and O–H groups in total. The minimum absolute atomic E-state index is 0.00438. The highest BCUT2D eigenvalue weighted by molar-refractivity contribution is 5.95. The Morgan fingerprint density at radius 1 is 1.03 bits per heavy atom. The number of carbonyl (C=O) groups is 1. The molecular weight excluding hydrogens is 372 g/mol. The maximum Gasteiger partial charge on any atom is 0.273 e. The highest BCUT2D eigenvalue weighted by atomic mass is 16.2. The molecular formula is C25H26N4O. The first kappa shape index (κ1) is 19.8. The topological polar surface area (TPSA) is 50.5 Å². The zero-order valence-electron chi connectivity index (χ0n) is 17.5. The molecule has 4 aromatic rings. The Morgan fingerprint density at radius 2 is 1.83 bits per heavy atom. The molecule has 0 aliphatic heterocycles. The predicted molar refractivity (Wildman–Crippen MR) is 118 cm³/mol. The van der Waals surface area contributed by atoms with Crippen molar-refractivity contribution in [3.05, 3.63) is 101 Å². The van der Waals surface area contributed by atoms with E-state index >= 15 is 0 Å². The molecule has 0 bridgehead atoms. The molecule has 1 aromatic carbocycles. The van der Waals surface area contributed by atoms with Gasteiger partial charge in [-0.15, -0.1) is 0 Å². The van der Waals surface area contributed by atoms with Crippen LogP contribution in [0.5, 0.6) is 0 Å². The van der Waals surface area contributed by atoms with Crippen molar-refractivity contribution in [2.75, 3.05) is 6.54 Å². The van der Waals surface area contributed by atoms with Crippen molar-refractivity contribution in [2.24, 2.45) is 0 Å². The fourth-order valence-electron chi connectivity index (χ4n) is 3.73. The summed E-state index contributed by atoms with van der Waals surface area (Å²) in [7, 11) is 0. The van der Waals surface area contributed by atoms with Crippen molar-refractivity contribution in [1.29, 1.82) is 0 Å². The number of nitrogens with zero attached hydrogens (tertiary/aromatic N) is 4. The van der Waals surface area contributed by atoms with Crippen LogP contribution in [0.2, 0.25) is 0 Å². The van der Waals surface area contributed by atoms with Gasteiger partial charge in [-0.25, -0.2) is 4.98 Å². The monoisotopic (exact) mass is 398 g/mol. The van der Waals surface area contributed by atoms with E-state index in [1.807, 2.05) is 77.9 Å². The Bertz CT molecular complexity index is 1140. The Balaban J connectivity index is 1.70. The molecule has 0 radical (unpaired) electrons. The van der Waals surface area contributed by atoms with E-state index in [0.717, 1.165) is 28.2 Å². The number of hydrogen-bond donors (Lipinski definition) is 0. The average molecular weight is 399 g/mol. The maximum absolute atomic E-state index is 13.8. The summed E-state index contributed by atoms with van der Waals surface area (Å²) in [5.74, 6) is 0.00438. The number of imidazole rings is 1. The number of amides is 1. The smallest absolute Gasteiger partial charge is 0.273 e. The lowest BCUT2D eigenvalue weighted by Crippen LogP contribution is -2.34. The molecule has 3 aromatic heterocycles. The van der Waals surface area contributed by atoms with Gasteiger partial charge in [0.15, 0.2) is 0 Å². The third-order valence-corrected chi connectivity index (χ3v) is 5.32. The number of hydrogen-bond acceptors (Lipinski definition) is 3. The van der Waals surface area contributed by atoms with Gasteiger partial charge in [-0.1, -0.05) is 49.4 Å². The third-order valence-electron chi connectivity index (χ3n) is 5.32. The molecule has 30 heavy (non-hydrogen) atoms. The van der Waals surface area contributed by atoms with Gasteiger partial charge in [0.1, 0.15) is 11.3 Å².